The van der Waals surface area contributed by atoms with Crippen molar-refractivity contribution in [2.45, 2.75) is 19.7 Å². The number of carbonyl (C=O) groups excluding carboxylic acids is 1. The van der Waals surface area contributed by atoms with Crippen LogP contribution in [0.5, 0.6) is 5.75 Å². The van der Waals surface area contributed by atoms with Crippen LogP contribution < -0.4 is 15.0 Å². The van der Waals surface area contributed by atoms with Crippen LogP contribution in [0.2, 0.25) is 5.02 Å². The third-order valence-electron chi connectivity index (χ3n) is 6.52. The van der Waals surface area contributed by atoms with Crippen LogP contribution in [0.1, 0.15) is 18.1 Å². The van der Waals surface area contributed by atoms with Gasteiger partial charge in [0.05, 0.1) is 23.9 Å². The normalized spacial score (nSPS) is 16.8. The largest absolute Gasteiger partial charge is 0.573 e. The molecule has 10 heteroatoms. The molecule has 0 atom stereocenters. The Bertz CT molecular complexity index is 1410. The molecule has 5 rings (SSSR count). The highest BCUT2D eigenvalue weighted by molar-refractivity contribution is 6.36. The zero-order valence-electron chi connectivity index (χ0n) is 20.3. The van der Waals surface area contributed by atoms with E-state index in [-0.39, 0.29) is 12.3 Å². The van der Waals surface area contributed by atoms with E-state index in [1.165, 1.54) is 6.07 Å². The number of halogens is 5. The molecule has 3 aromatic rings. The molecule has 5 nitrogen and oxygen atoms in total. The van der Waals surface area contributed by atoms with Crippen LogP contribution in [0, 0.1) is 5.82 Å². The summed E-state index contributed by atoms with van der Waals surface area (Å²) in [5.74, 6) is -2.37. The highest BCUT2D eigenvalue weighted by Crippen LogP contribution is 2.41. The van der Waals surface area contributed by atoms with Crippen molar-refractivity contribution in [3.05, 3.63) is 82.1 Å². The second-order valence-corrected chi connectivity index (χ2v) is 9.53. The second-order valence-electron chi connectivity index (χ2n) is 9.12. The highest BCUT2D eigenvalue weighted by Gasteiger charge is 2.32. The van der Waals surface area contributed by atoms with E-state index >= 15 is 0 Å². The summed E-state index contributed by atoms with van der Waals surface area (Å²) < 4.78 is 60.7. The Labute approximate surface area is 221 Å². The maximum atomic E-state index is 14.2. The number of alkyl halides is 3. The minimum atomic E-state index is -4.99. The van der Waals surface area contributed by atoms with Gasteiger partial charge in [0.25, 0.3) is 5.91 Å². The summed E-state index contributed by atoms with van der Waals surface area (Å²) >= 11 is 6.59. The summed E-state index contributed by atoms with van der Waals surface area (Å²) in [5.41, 5.74) is 5.37. The molecule has 1 amide bonds. The number of hydrogen-bond donors (Lipinski definition) is 1. The molecule has 198 valence electrons. The molecule has 3 aromatic carbocycles. The lowest BCUT2D eigenvalue weighted by Crippen LogP contribution is -2.36. The third kappa shape index (κ3) is 5.49. The van der Waals surface area contributed by atoms with Gasteiger partial charge in [0.2, 0.25) is 0 Å². The maximum Gasteiger partial charge on any atom is 0.573 e. The van der Waals surface area contributed by atoms with E-state index < -0.39 is 17.9 Å². The third-order valence-corrected chi connectivity index (χ3v) is 6.84. The number of ether oxygens (including phenoxy) is 2. The molecule has 0 unspecified atom stereocenters. The highest BCUT2D eigenvalue weighted by atomic mass is 35.5. The number of anilines is 2. The molecule has 0 bridgehead atoms. The Morgan fingerprint density at radius 2 is 1.76 bits per heavy atom. The minimum absolute atomic E-state index is 0.150. The average Bonchev–Trinajstić information content (AvgIpc) is 3.19. The quantitative estimate of drug-likeness (QED) is 0.281. The molecule has 38 heavy (non-hydrogen) atoms. The van der Waals surface area contributed by atoms with Gasteiger partial charge in [0.15, 0.2) is 11.6 Å². The maximum absolute atomic E-state index is 14.2. The van der Waals surface area contributed by atoms with Crippen molar-refractivity contribution >= 4 is 34.5 Å². The van der Waals surface area contributed by atoms with Gasteiger partial charge in [-0.25, -0.2) is 4.39 Å². The number of morpholine rings is 1. The van der Waals surface area contributed by atoms with E-state index in [0.717, 1.165) is 42.0 Å². The van der Waals surface area contributed by atoms with Crippen molar-refractivity contribution in [1.29, 1.82) is 0 Å². The van der Waals surface area contributed by atoms with Crippen LogP contribution >= 0.6 is 11.6 Å². The summed E-state index contributed by atoms with van der Waals surface area (Å²) in [6.45, 7) is 4.75. The van der Waals surface area contributed by atoms with Gasteiger partial charge in [-0.1, -0.05) is 35.4 Å². The minimum Gasteiger partial charge on any atom is -0.403 e. The fraction of sp³-hybridized carbons (Fsp3) is 0.250. The fourth-order valence-corrected chi connectivity index (χ4v) is 5.04. The molecule has 0 spiro atoms. The summed E-state index contributed by atoms with van der Waals surface area (Å²) in [6, 6.07) is 14.8. The molecule has 2 aliphatic heterocycles. The Balaban J connectivity index is 1.43. The topological polar surface area (TPSA) is 50.8 Å². The first-order valence-corrected chi connectivity index (χ1v) is 12.3. The van der Waals surface area contributed by atoms with Gasteiger partial charge in [0, 0.05) is 35.5 Å². The molecule has 0 saturated carbocycles. The lowest BCUT2D eigenvalue weighted by atomic mass is 9.94. The van der Waals surface area contributed by atoms with Crippen LogP contribution in [0.15, 0.2) is 60.2 Å². The molecule has 0 aromatic heterocycles. The number of nitrogens with zero attached hydrogens (tertiary/aromatic N) is 1. The van der Waals surface area contributed by atoms with E-state index in [1.54, 1.807) is 13.0 Å². The predicted molar refractivity (Wildman–Crippen MR) is 138 cm³/mol. The lowest BCUT2D eigenvalue weighted by molar-refractivity contribution is -0.275. The SMILES string of the molecule is CC(Cc1ccc(OC(F)(F)F)c(F)c1)=C1C(=O)Nc2cc(Cl)c(-c3ccc(N4CCOCC4)cc3)cc21. The average molecular weight is 547 g/mol. The van der Waals surface area contributed by atoms with Gasteiger partial charge in [-0.2, -0.15) is 0 Å². The van der Waals surface area contributed by atoms with Crippen LogP contribution in [-0.2, 0) is 16.0 Å². The van der Waals surface area contributed by atoms with E-state index in [2.05, 4.69) is 15.0 Å². The van der Waals surface area contributed by atoms with Crippen LogP contribution in [-0.4, -0.2) is 38.6 Å². The standard InChI is InChI=1S/C28H23ClF4N2O3/c1-16(12-17-2-7-25(23(30)13-17)38-28(31,32)33)26-21-14-20(22(29)15-24(21)34-27(26)36)18-3-5-19(6-4-18)35-8-10-37-11-9-35/h2-7,13-15H,8-12H2,1H3,(H,34,36). The van der Waals surface area contributed by atoms with Gasteiger partial charge < -0.3 is 19.7 Å². The molecule has 2 heterocycles. The molecule has 0 radical (unpaired) electrons. The molecule has 0 aliphatic carbocycles. The summed E-state index contributed by atoms with van der Waals surface area (Å²) in [7, 11) is 0. The van der Waals surface area contributed by atoms with Crippen LogP contribution in [0.25, 0.3) is 16.7 Å². The van der Waals surface area contributed by atoms with Crippen molar-refractivity contribution in [3.8, 4) is 16.9 Å². The molecule has 1 saturated heterocycles. The van der Waals surface area contributed by atoms with Crippen molar-refractivity contribution in [1.82, 2.24) is 0 Å². The Morgan fingerprint density at radius 1 is 1.05 bits per heavy atom. The molecule has 2 aliphatic rings. The van der Waals surface area contributed by atoms with Gasteiger partial charge >= 0.3 is 6.36 Å². The number of allylic oxidation sites excluding steroid dienone is 1. The zero-order chi connectivity index (χ0) is 27.0. The second kappa shape index (κ2) is 10.3. The number of hydrogen-bond acceptors (Lipinski definition) is 4. The lowest BCUT2D eigenvalue weighted by Gasteiger charge is -2.29. The van der Waals surface area contributed by atoms with Crippen molar-refractivity contribution in [3.63, 3.8) is 0 Å². The molecule has 1 N–H and O–H groups in total. The van der Waals surface area contributed by atoms with Crippen LogP contribution in [0.4, 0.5) is 28.9 Å². The van der Waals surface area contributed by atoms with Gasteiger partial charge in [-0.05, 0) is 60.9 Å². The van der Waals surface area contributed by atoms with Gasteiger partial charge in [0.1, 0.15) is 0 Å². The zero-order valence-corrected chi connectivity index (χ0v) is 21.0. The van der Waals surface area contributed by atoms with Gasteiger partial charge in [-0.15, -0.1) is 13.2 Å². The number of benzene rings is 3. The number of nitrogens with one attached hydrogen (secondary N) is 1. The number of amides is 1. The first-order valence-electron chi connectivity index (χ1n) is 11.9. The van der Waals surface area contributed by atoms with E-state index in [9.17, 15) is 22.4 Å². The molecular weight excluding hydrogens is 524 g/mol. The monoisotopic (exact) mass is 546 g/mol. The summed E-state index contributed by atoms with van der Waals surface area (Å²) in [5, 5.41) is 3.29. The van der Waals surface area contributed by atoms with E-state index in [0.29, 0.717) is 46.2 Å². The summed E-state index contributed by atoms with van der Waals surface area (Å²) in [4.78, 5) is 15.1. The van der Waals surface area contributed by atoms with Crippen molar-refractivity contribution in [2.75, 3.05) is 36.5 Å². The smallest absolute Gasteiger partial charge is 0.403 e. The fourth-order valence-electron chi connectivity index (χ4n) is 4.77. The molecule has 1 fully saturated rings. The number of carbonyl (C=O) groups is 1. The van der Waals surface area contributed by atoms with Gasteiger partial charge in [-0.3, -0.25) is 4.79 Å². The first kappa shape index (κ1) is 26.1. The Kier molecular flexibility index (Phi) is 7.07. The molecular formula is C28H23ClF4N2O3. The van der Waals surface area contributed by atoms with E-state index in [4.69, 9.17) is 16.3 Å². The summed E-state index contributed by atoms with van der Waals surface area (Å²) in [6.07, 6.45) is -4.84. The van der Waals surface area contributed by atoms with Crippen molar-refractivity contribution in [2.24, 2.45) is 0 Å². The number of rotatable bonds is 5. The van der Waals surface area contributed by atoms with E-state index in [1.807, 2.05) is 30.3 Å². The Hall–Kier alpha value is -3.56. The van der Waals surface area contributed by atoms with Crippen LogP contribution in [0.3, 0.4) is 0 Å². The van der Waals surface area contributed by atoms with Crippen molar-refractivity contribution < 1.29 is 31.8 Å². The predicted octanol–water partition coefficient (Wildman–Crippen LogP) is 6.85. The first-order chi connectivity index (χ1) is 18.1. The number of fused-ring (bicyclic) bond motifs is 1. The Morgan fingerprint density at radius 3 is 2.42 bits per heavy atom.